The first-order valence-corrected chi connectivity index (χ1v) is 12.9. The summed E-state index contributed by atoms with van der Waals surface area (Å²) in [7, 11) is -2.51. The van der Waals surface area contributed by atoms with Gasteiger partial charge >= 0.3 is 0 Å². The van der Waals surface area contributed by atoms with Crippen LogP contribution in [0, 0.1) is 12.8 Å². The van der Waals surface area contributed by atoms with Gasteiger partial charge in [0.05, 0.1) is 12.2 Å². The number of hydrogen-bond acceptors (Lipinski definition) is 3. The molecule has 1 fully saturated rings. The third kappa shape index (κ3) is 4.72. The Bertz CT molecular complexity index is 759. The molecular weight excluding hydrogens is 388 g/mol. The van der Waals surface area contributed by atoms with Gasteiger partial charge in [-0.25, -0.2) is 0 Å². The zero-order valence-corrected chi connectivity index (χ0v) is 20.4. The lowest BCUT2D eigenvalue weighted by Gasteiger charge is -2.45. The Hall–Kier alpha value is -1.46. The molecule has 0 amide bonds. The van der Waals surface area contributed by atoms with E-state index in [0.717, 1.165) is 6.42 Å². The van der Waals surface area contributed by atoms with Gasteiger partial charge in [-0.15, -0.1) is 0 Å². The lowest BCUT2D eigenvalue weighted by atomic mass is 9.94. The molecule has 0 unspecified atom stereocenters. The van der Waals surface area contributed by atoms with E-state index in [2.05, 4.69) is 95.3 Å². The molecule has 2 aromatic rings. The normalized spacial score (nSPS) is 24.6. The fourth-order valence-corrected chi connectivity index (χ4v) is 9.20. The summed E-state index contributed by atoms with van der Waals surface area (Å²) in [6.07, 6.45) is 0.811. The van der Waals surface area contributed by atoms with Crippen LogP contribution < -0.4 is 10.4 Å². The standard InChI is InChI=1S/C26H37O3Si/c1-20-21(2)28-26(6,7)29-24(20)18-19-27-30(25(3,4)5,22-14-10-8-11-15-22)23-16-12-9-13-17-23/h8-17,20-21,24H,2,18-19H2,1,3-7H3/t20-,21-,24+/m1/s1. The Morgan fingerprint density at radius 3 is 1.90 bits per heavy atom. The molecule has 3 atom stereocenters. The molecule has 1 aliphatic heterocycles. The molecule has 0 spiro atoms. The van der Waals surface area contributed by atoms with Crippen molar-refractivity contribution in [1.82, 2.24) is 0 Å². The molecule has 0 aliphatic carbocycles. The minimum absolute atomic E-state index is 0.0219. The monoisotopic (exact) mass is 425 g/mol. The smallest absolute Gasteiger partial charge is 0.261 e. The number of hydrogen-bond donors (Lipinski definition) is 0. The van der Waals surface area contributed by atoms with Crippen LogP contribution in [0.25, 0.3) is 0 Å². The average molecular weight is 426 g/mol. The van der Waals surface area contributed by atoms with Crippen LogP contribution in [0.5, 0.6) is 0 Å². The van der Waals surface area contributed by atoms with E-state index in [4.69, 9.17) is 13.9 Å². The largest absolute Gasteiger partial charge is 0.407 e. The van der Waals surface area contributed by atoms with Gasteiger partial charge in [-0.1, -0.05) is 88.4 Å². The quantitative estimate of drug-likeness (QED) is 0.613. The molecule has 3 nitrogen and oxygen atoms in total. The van der Waals surface area contributed by atoms with Crippen molar-refractivity contribution < 1.29 is 13.9 Å². The molecule has 163 valence electrons. The second-order valence-corrected chi connectivity index (χ2v) is 14.2. The van der Waals surface area contributed by atoms with E-state index in [1.807, 2.05) is 13.8 Å². The lowest BCUT2D eigenvalue weighted by Crippen LogP contribution is -2.66. The molecule has 1 saturated heterocycles. The Morgan fingerprint density at radius 2 is 1.43 bits per heavy atom. The maximum atomic E-state index is 7.02. The minimum atomic E-state index is -2.51. The van der Waals surface area contributed by atoms with Gasteiger partial charge in [-0.3, -0.25) is 0 Å². The summed E-state index contributed by atoms with van der Waals surface area (Å²) in [5.41, 5.74) is 0. The fraction of sp³-hybridized carbons (Fsp3) is 0.500. The van der Waals surface area contributed by atoms with E-state index in [1.165, 1.54) is 10.4 Å². The molecule has 4 heteroatoms. The minimum Gasteiger partial charge on any atom is -0.407 e. The molecular formula is C26H37O3Si. The highest BCUT2D eigenvalue weighted by Crippen LogP contribution is 2.38. The Balaban J connectivity index is 1.90. The van der Waals surface area contributed by atoms with Gasteiger partial charge in [0.2, 0.25) is 0 Å². The molecule has 30 heavy (non-hydrogen) atoms. The highest BCUT2D eigenvalue weighted by atomic mass is 28.4. The highest BCUT2D eigenvalue weighted by Gasteiger charge is 2.50. The fourth-order valence-electron chi connectivity index (χ4n) is 4.62. The Kier molecular flexibility index (Phi) is 6.93. The molecule has 1 heterocycles. The summed E-state index contributed by atoms with van der Waals surface area (Å²) in [6, 6.07) is 21.5. The zero-order valence-electron chi connectivity index (χ0n) is 19.4. The van der Waals surface area contributed by atoms with E-state index in [9.17, 15) is 0 Å². The van der Waals surface area contributed by atoms with E-state index < -0.39 is 14.1 Å². The van der Waals surface area contributed by atoms with Crippen LogP contribution in [-0.2, 0) is 13.9 Å². The van der Waals surface area contributed by atoms with E-state index in [0.29, 0.717) is 6.61 Å². The van der Waals surface area contributed by atoms with Crippen LogP contribution in [0.4, 0.5) is 0 Å². The van der Waals surface area contributed by atoms with E-state index in [-0.39, 0.29) is 23.2 Å². The third-order valence-electron chi connectivity index (χ3n) is 6.18. The van der Waals surface area contributed by atoms with E-state index in [1.54, 1.807) is 0 Å². The molecule has 0 aromatic heterocycles. The second kappa shape index (κ2) is 8.95. The summed E-state index contributed by atoms with van der Waals surface area (Å²) in [6.45, 7) is 17.8. The van der Waals surface area contributed by atoms with Crippen molar-refractivity contribution in [3.8, 4) is 0 Å². The average Bonchev–Trinajstić information content (AvgIpc) is 2.69. The number of benzene rings is 2. The first-order chi connectivity index (χ1) is 14.1. The van der Waals surface area contributed by atoms with E-state index >= 15 is 0 Å². The van der Waals surface area contributed by atoms with Crippen molar-refractivity contribution in [3.63, 3.8) is 0 Å². The van der Waals surface area contributed by atoms with Gasteiger partial charge in [0.25, 0.3) is 8.32 Å². The SMILES string of the molecule is [CH2][C@H]1OC(C)(C)O[C@@H](CCO[Si](c2ccccc2)(c2ccccc2)C(C)(C)C)[C@@H]1C. The predicted molar refractivity (Wildman–Crippen MR) is 127 cm³/mol. The lowest BCUT2D eigenvalue weighted by molar-refractivity contribution is -0.311. The van der Waals surface area contributed by atoms with Crippen molar-refractivity contribution in [2.24, 2.45) is 5.92 Å². The molecule has 2 aromatic carbocycles. The summed E-state index contributed by atoms with van der Waals surface area (Å²) in [4.78, 5) is 0. The number of rotatable bonds is 6. The van der Waals surface area contributed by atoms with Gasteiger partial charge in [-0.05, 0) is 42.6 Å². The first kappa shape index (κ1) is 23.2. The molecule has 0 N–H and O–H groups in total. The molecule has 0 saturated carbocycles. The first-order valence-electron chi connectivity index (χ1n) is 11.0. The second-order valence-electron chi connectivity index (χ2n) is 9.87. The van der Waals surface area contributed by atoms with Crippen LogP contribution in [0.2, 0.25) is 5.04 Å². The third-order valence-corrected chi connectivity index (χ3v) is 11.2. The van der Waals surface area contributed by atoms with Gasteiger partial charge in [0.15, 0.2) is 5.79 Å². The summed E-state index contributed by atoms with van der Waals surface area (Å²) in [5, 5.41) is 2.59. The van der Waals surface area contributed by atoms with Gasteiger partial charge in [0.1, 0.15) is 0 Å². The Morgan fingerprint density at radius 1 is 0.933 bits per heavy atom. The summed E-state index contributed by atoms with van der Waals surface area (Å²) < 4.78 is 19.2. The molecule has 1 radical (unpaired) electrons. The molecule has 0 bridgehead atoms. The van der Waals surface area contributed by atoms with Crippen molar-refractivity contribution in [1.29, 1.82) is 0 Å². The predicted octanol–water partition coefficient (Wildman–Crippen LogP) is 4.94. The van der Waals surface area contributed by atoms with Crippen molar-refractivity contribution in [2.75, 3.05) is 6.61 Å². The van der Waals surface area contributed by atoms with Crippen LogP contribution in [0.15, 0.2) is 60.7 Å². The zero-order chi connectivity index (χ0) is 22.0. The molecule has 3 rings (SSSR count). The van der Waals surface area contributed by atoms with Crippen LogP contribution in [0.3, 0.4) is 0 Å². The summed E-state index contributed by atoms with van der Waals surface area (Å²) in [5.74, 6) is -0.387. The van der Waals surface area contributed by atoms with Crippen molar-refractivity contribution >= 4 is 18.7 Å². The van der Waals surface area contributed by atoms with Gasteiger partial charge < -0.3 is 13.9 Å². The maximum absolute atomic E-state index is 7.02. The van der Waals surface area contributed by atoms with Gasteiger partial charge in [0, 0.05) is 12.5 Å². The highest BCUT2D eigenvalue weighted by molar-refractivity contribution is 6.99. The van der Waals surface area contributed by atoms with Crippen LogP contribution >= 0.6 is 0 Å². The Labute approximate surface area is 183 Å². The summed E-state index contributed by atoms with van der Waals surface area (Å²) >= 11 is 0. The number of ether oxygens (including phenoxy) is 2. The van der Waals surface area contributed by atoms with Crippen molar-refractivity contribution in [3.05, 3.63) is 67.6 Å². The molecule has 1 aliphatic rings. The van der Waals surface area contributed by atoms with Gasteiger partial charge in [-0.2, -0.15) is 0 Å². The van der Waals surface area contributed by atoms with Crippen molar-refractivity contribution in [2.45, 2.75) is 71.0 Å². The van der Waals surface area contributed by atoms with Crippen LogP contribution in [0.1, 0.15) is 48.0 Å². The topological polar surface area (TPSA) is 27.7 Å². The van der Waals surface area contributed by atoms with Crippen LogP contribution in [-0.4, -0.2) is 32.9 Å². The maximum Gasteiger partial charge on any atom is 0.261 e.